The van der Waals surface area contributed by atoms with Crippen molar-refractivity contribution in [1.29, 1.82) is 0 Å². The van der Waals surface area contributed by atoms with Crippen LogP contribution in [0.3, 0.4) is 0 Å². The van der Waals surface area contributed by atoms with Gasteiger partial charge in [0.25, 0.3) is 5.91 Å². The monoisotopic (exact) mass is 377 g/mol. The number of anilines is 1. The van der Waals surface area contributed by atoms with Crippen molar-refractivity contribution >= 4 is 23.2 Å². The number of carbonyl (C=O) groups excluding carboxylic acids is 1. The minimum Gasteiger partial charge on any atom is -0.319 e. The average Bonchev–Trinajstić information content (AvgIpc) is 3.27. The summed E-state index contributed by atoms with van der Waals surface area (Å²) in [6, 6.07) is 19.1. The molecule has 0 aliphatic heterocycles. The smallest absolute Gasteiger partial charge is 0.260 e. The van der Waals surface area contributed by atoms with Gasteiger partial charge in [-0.25, -0.2) is 9.36 Å². The zero-order chi connectivity index (χ0) is 18.8. The van der Waals surface area contributed by atoms with E-state index in [0.717, 1.165) is 11.4 Å². The highest BCUT2D eigenvalue weighted by molar-refractivity contribution is 6.34. The van der Waals surface area contributed by atoms with E-state index in [1.165, 1.54) is 0 Å². The minimum atomic E-state index is -0.327. The molecule has 2 aromatic heterocycles. The van der Waals surface area contributed by atoms with Gasteiger partial charge in [0.05, 0.1) is 35.1 Å². The van der Waals surface area contributed by atoms with Gasteiger partial charge in [-0.3, -0.25) is 4.79 Å². The Labute approximate surface area is 161 Å². The molecule has 0 aliphatic rings. The lowest BCUT2D eigenvalue weighted by molar-refractivity contribution is 0.102. The van der Waals surface area contributed by atoms with Gasteiger partial charge in [-0.2, -0.15) is 10.2 Å². The Morgan fingerprint density at radius 3 is 2.30 bits per heavy atom. The van der Waals surface area contributed by atoms with Crippen LogP contribution in [0.15, 0.2) is 73.1 Å². The molecule has 0 spiro atoms. The summed E-state index contributed by atoms with van der Waals surface area (Å²) < 4.78 is 3.25. The van der Waals surface area contributed by atoms with Crippen molar-refractivity contribution in [3.8, 4) is 11.4 Å². The number of aromatic nitrogens is 4. The second-order valence-corrected chi connectivity index (χ2v) is 6.32. The largest absolute Gasteiger partial charge is 0.319 e. The Morgan fingerprint density at radius 1 is 1.00 bits per heavy atom. The highest BCUT2D eigenvalue weighted by atomic mass is 35.5. The first-order chi connectivity index (χ1) is 13.1. The Morgan fingerprint density at radius 2 is 1.63 bits per heavy atom. The molecule has 4 aromatic rings. The number of halogens is 1. The van der Waals surface area contributed by atoms with Gasteiger partial charge in [-0.1, -0.05) is 48.0 Å². The second-order valence-electron chi connectivity index (χ2n) is 5.96. The molecule has 0 saturated heterocycles. The van der Waals surface area contributed by atoms with E-state index in [0.29, 0.717) is 16.9 Å². The molecular weight excluding hydrogens is 362 g/mol. The second kappa shape index (κ2) is 7.09. The molecule has 7 heteroatoms. The van der Waals surface area contributed by atoms with Crippen molar-refractivity contribution in [1.82, 2.24) is 19.6 Å². The minimum absolute atomic E-state index is 0.270. The van der Waals surface area contributed by atoms with Gasteiger partial charge in [0, 0.05) is 0 Å². The molecule has 0 unspecified atom stereocenters. The van der Waals surface area contributed by atoms with E-state index in [1.54, 1.807) is 28.7 Å². The third kappa shape index (κ3) is 3.35. The van der Waals surface area contributed by atoms with Crippen LogP contribution in [0.5, 0.6) is 0 Å². The van der Waals surface area contributed by atoms with Crippen molar-refractivity contribution in [3.63, 3.8) is 0 Å². The van der Waals surface area contributed by atoms with Crippen LogP contribution < -0.4 is 5.32 Å². The van der Waals surface area contributed by atoms with Crippen LogP contribution in [0.25, 0.3) is 11.4 Å². The molecule has 0 radical (unpaired) electrons. The molecule has 0 atom stereocenters. The number of benzene rings is 2. The predicted molar refractivity (Wildman–Crippen MR) is 105 cm³/mol. The molecule has 0 saturated carbocycles. The number of para-hydroxylation sites is 2. The summed E-state index contributed by atoms with van der Waals surface area (Å²) >= 11 is 6.45. The Balaban J connectivity index is 1.59. The molecule has 0 bridgehead atoms. The van der Waals surface area contributed by atoms with E-state index >= 15 is 0 Å². The topological polar surface area (TPSA) is 64.7 Å². The number of hydrogen-bond acceptors (Lipinski definition) is 3. The van der Waals surface area contributed by atoms with E-state index in [4.69, 9.17) is 11.6 Å². The molecule has 27 heavy (non-hydrogen) atoms. The number of amides is 1. The van der Waals surface area contributed by atoms with Gasteiger partial charge < -0.3 is 5.32 Å². The highest BCUT2D eigenvalue weighted by Gasteiger charge is 2.21. The van der Waals surface area contributed by atoms with Crippen molar-refractivity contribution in [2.45, 2.75) is 6.92 Å². The Bertz CT molecular complexity index is 1090. The van der Waals surface area contributed by atoms with E-state index in [1.807, 2.05) is 60.7 Å². The van der Waals surface area contributed by atoms with E-state index in [9.17, 15) is 4.79 Å². The van der Waals surface area contributed by atoms with Crippen LogP contribution in [0, 0.1) is 6.92 Å². The standard InChI is InChI=1S/C20H16ClN5O/c1-14-18(19(21)26(24-14)17-10-6-3-7-11-17)20(27)23-15-12-22-25(13-15)16-8-4-2-5-9-16/h2-13H,1H3,(H,23,27). The third-order valence-electron chi connectivity index (χ3n) is 4.09. The Hall–Kier alpha value is -3.38. The predicted octanol–water partition coefficient (Wildman–Crippen LogP) is 4.27. The van der Waals surface area contributed by atoms with Gasteiger partial charge in [-0.05, 0) is 31.2 Å². The number of nitrogens with one attached hydrogen (secondary N) is 1. The number of hydrogen-bond donors (Lipinski definition) is 1. The van der Waals surface area contributed by atoms with Crippen molar-refractivity contribution in [2.75, 3.05) is 5.32 Å². The van der Waals surface area contributed by atoms with Crippen LogP contribution in [0.1, 0.15) is 16.1 Å². The summed E-state index contributed by atoms with van der Waals surface area (Å²) in [5, 5.41) is 11.8. The molecule has 6 nitrogen and oxygen atoms in total. The lowest BCUT2D eigenvalue weighted by Gasteiger charge is -2.04. The van der Waals surface area contributed by atoms with E-state index in [-0.39, 0.29) is 11.1 Å². The quantitative estimate of drug-likeness (QED) is 0.577. The van der Waals surface area contributed by atoms with Crippen molar-refractivity contribution in [2.24, 2.45) is 0 Å². The number of nitrogens with zero attached hydrogens (tertiary/aromatic N) is 4. The number of carbonyl (C=O) groups is 1. The molecule has 1 N–H and O–H groups in total. The van der Waals surface area contributed by atoms with Gasteiger partial charge in [0.1, 0.15) is 10.7 Å². The van der Waals surface area contributed by atoms with Crippen LogP contribution in [0.2, 0.25) is 5.15 Å². The molecule has 1 amide bonds. The number of rotatable bonds is 4. The zero-order valence-electron chi connectivity index (χ0n) is 14.5. The first-order valence-corrected chi connectivity index (χ1v) is 8.73. The zero-order valence-corrected chi connectivity index (χ0v) is 15.3. The lowest BCUT2D eigenvalue weighted by Crippen LogP contribution is -2.12. The maximum atomic E-state index is 12.8. The van der Waals surface area contributed by atoms with Gasteiger partial charge in [0.2, 0.25) is 0 Å². The summed E-state index contributed by atoms with van der Waals surface area (Å²) in [6.07, 6.45) is 3.34. The Kier molecular flexibility index (Phi) is 4.48. The molecule has 0 aliphatic carbocycles. The third-order valence-corrected chi connectivity index (χ3v) is 4.44. The summed E-state index contributed by atoms with van der Waals surface area (Å²) in [7, 11) is 0. The van der Waals surface area contributed by atoms with Gasteiger partial charge >= 0.3 is 0 Å². The summed E-state index contributed by atoms with van der Waals surface area (Å²) in [4.78, 5) is 12.8. The summed E-state index contributed by atoms with van der Waals surface area (Å²) in [6.45, 7) is 1.76. The molecule has 0 fully saturated rings. The highest BCUT2D eigenvalue weighted by Crippen LogP contribution is 2.24. The molecule has 134 valence electrons. The van der Waals surface area contributed by atoms with Crippen LogP contribution in [0.4, 0.5) is 5.69 Å². The molecular formula is C20H16ClN5O. The first-order valence-electron chi connectivity index (χ1n) is 8.35. The summed E-state index contributed by atoms with van der Waals surface area (Å²) in [5.74, 6) is -0.327. The van der Waals surface area contributed by atoms with Crippen LogP contribution >= 0.6 is 11.6 Å². The van der Waals surface area contributed by atoms with E-state index in [2.05, 4.69) is 15.5 Å². The van der Waals surface area contributed by atoms with E-state index < -0.39 is 0 Å². The normalized spacial score (nSPS) is 10.7. The first kappa shape index (κ1) is 17.1. The SMILES string of the molecule is Cc1nn(-c2ccccc2)c(Cl)c1C(=O)Nc1cnn(-c2ccccc2)c1. The maximum absolute atomic E-state index is 12.8. The van der Waals surface area contributed by atoms with Crippen molar-refractivity contribution in [3.05, 3.63) is 89.5 Å². The molecule has 2 aromatic carbocycles. The van der Waals surface area contributed by atoms with Crippen LogP contribution in [-0.4, -0.2) is 25.5 Å². The lowest BCUT2D eigenvalue weighted by atomic mass is 10.2. The summed E-state index contributed by atoms with van der Waals surface area (Å²) in [5.41, 5.74) is 3.17. The maximum Gasteiger partial charge on any atom is 0.260 e. The number of aryl methyl sites for hydroxylation is 1. The fourth-order valence-electron chi connectivity index (χ4n) is 2.80. The van der Waals surface area contributed by atoms with Gasteiger partial charge in [0.15, 0.2) is 0 Å². The van der Waals surface area contributed by atoms with Gasteiger partial charge in [-0.15, -0.1) is 0 Å². The fourth-order valence-corrected chi connectivity index (χ4v) is 3.16. The molecule has 4 rings (SSSR count). The molecule has 2 heterocycles. The fraction of sp³-hybridized carbons (Fsp3) is 0.0500. The van der Waals surface area contributed by atoms with Crippen LogP contribution in [-0.2, 0) is 0 Å². The average molecular weight is 378 g/mol. The van der Waals surface area contributed by atoms with Crippen molar-refractivity contribution < 1.29 is 4.79 Å².